The second kappa shape index (κ2) is 5.58. The van der Waals surface area contributed by atoms with Gasteiger partial charge in [-0.25, -0.2) is 9.78 Å². The van der Waals surface area contributed by atoms with Crippen molar-refractivity contribution in [3.8, 4) is 0 Å². The molecule has 0 unspecified atom stereocenters. The second-order valence-corrected chi connectivity index (χ2v) is 4.58. The third-order valence-corrected chi connectivity index (χ3v) is 3.18. The van der Waals surface area contributed by atoms with Crippen molar-refractivity contribution in [2.24, 2.45) is 0 Å². The highest BCUT2D eigenvalue weighted by atomic mass is 16.4. The van der Waals surface area contributed by atoms with Crippen LogP contribution in [0.4, 0.5) is 5.69 Å². The van der Waals surface area contributed by atoms with Crippen molar-refractivity contribution in [2.75, 3.05) is 5.32 Å². The quantitative estimate of drug-likeness (QED) is 0.768. The van der Waals surface area contributed by atoms with Gasteiger partial charge < -0.3 is 10.4 Å². The summed E-state index contributed by atoms with van der Waals surface area (Å²) in [5, 5.41) is 13.1. The summed E-state index contributed by atoms with van der Waals surface area (Å²) in [6.45, 7) is 0.600. The van der Waals surface area contributed by atoms with Gasteiger partial charge in [-0.3, -0.25) is 4.98 Å². The van der Waals surface area contributed by atoms with Crippen molar-refractivity contribution in [2.45, 2.75) is 6.54 Å². The first-order valence-corrected chi connectivity index (χ1v) is 6.50. The zero-order valence-electron chi connectivity index (χ0n) is 11.2. The van der Waals surface area contributed by atoms with E-state index < -0.39 is 5.97 Å². The number of anilines is 1. The Morgan fingerprint density at radius 1 is 1.10 bits per heavy atom. The van der Waals surface area contributed by atoms with Crippen LogP contribution in [0.15, 0.2) is 54.9 Å². The Hall–Kier alpha value is -2.95. The van der Waals surface area contributed by atoms with Crippen molar-refractivity contribution in [1.29, 1.82) is 0 Å². The molecule has 5 nitrogen and oxygen atoms in total. The van der Waals surface area contributed by atoms with E-state index in [-0.39, 0.29) is 5.69 Å². The number of aromatic nitrogens is 2. The molecule has 0 saturated carbocycles. The van der Waals surface area contributed by atoms with E-state index in [1.54, 1.807) is 12.3 Å². The van der Waals surface area contributed by atoms with Gasteiger partial charge in [0.2, 0.25) is 0 Å². The number of para-hydroxylation sites is 1. The van der Waals surface area contributed by atoms with Crippen molar-refractivity contribution in [1.82, 2.24) is 9.97 Å². The van der Waals surface area contributed by atoms with Crippen molar-refractivity contribution < 1.29 is 9.90 Å². The van der Waals surface area contributed by atoms with E-state index >= 15 is 0 Å². The Balaban J connectivity index is 1.79. The number of carbonyl (C=O) groups is 1. The maximum atomic E-state index is 10.7. The summed E-state index contributed by atoms with van der Waals surface area (Å²) in [6, 6.07) is 13.1. The molecule has 0 aliphatic rings. The number of fused-ring (bicyclic) bond motifs is 1. The van der Waals surface area contributed by atoms with E-state index in [1.807, 2.05) is 30.3 Å². The Morgan fingerprint density at radius 2 is 1.95 bits per heavy atom. The molecular formula is C16H13N3O2. The minimum absolute atomic E-state index is 0.0346. The minimum Gasteiger partial charge on any atom is -0.477 e. The number of nitrogens with zero attached hydrogens (tertiary/aromatic N) is 2. The molecule has 5 heteroatoms. The molecular weight excluding hydrogens is 266 g/mol. The number of carboxylic acid groups (broad SMARTS) is 1. The van der Waals surface area contributed by atoms with E-state index in [1.165, 1.54) is 12.3 Å². The lowest BCUT2D eigenvalue weighted by molar-refractivity contribution is 0.0690. The molecule has 1 aromatic carbocycles. The third-order valence-electron chi connectivity index (χ3n) is 3.18. The molecule has 0 atom stereocenters. The van der Waals surface area contributed by atoms with Gasteiger partial charge in [0, 0.05) is 18.1 Å². The van der Waals surface area contributed by atoms with Crippen LogP contribution in [0.3, 0.4) is 0 Å². The lowest BCUT2D eigenvalue weighted by Crippen LogP contribution is -2.03. The van der Waals surface area contributed by atoms with Gasteiger partial charge in [-0.1, -0.05) is 24.3 Å². The molecule has 2 heterocycles. The number of nitrogens with one attached hydrogen (secondary N) is 1. The number of benzene rings is 1. The average Bonchev–Trinajstić information content (AvgIpc) is 2.53. The smallest absolute Gasteiger partial charge is 0.354 e. The van der Waals surface area contributed by atoms with Crippen molar-refractivity contribution in [3.05, 3.63) is 66.1 Å². The molecule has 0 bridgehead atoms. The predicted octanol–water partition coefficient (Wildman–Crippen LogP) is 2.94. The van der Waals surface area contributed by atoms with Gasteiger partial charge in [0.05, 0.1) is 17.4 Å². The molecule has 0 amide bonds. The highest BCUT2D eigenvalue weighted by molar-refractivity contribution is 5.85. The zero-order chi connectivity index (χ0) is 14.7. The van der Waals surface area contributed by atoms with Crippen LogP contribution in [0, 0.1) is 0 Å². The Bertz CT molecular complexity index is 780. The third kappa shape index (κ3) is 2.81. The standard InChI is InChI=1S/C16H13N3O2/c20-16(21)14-7-6-13(10-19-14)18-9-12-4-1-3-11-5-2-8-17-15(11)12/h1-8,10,18H,9H2,(H,20,21). The van der Waals surface area contributed by atoms with E-state index in [9.17, 15) is 4.79 Å². The van der Waals surface area contributed by atoms with Crippen LogP contribution < -0.4 is 5.32 Å². The molecule has 0 radical (unpaired) electrons. The lowest BCUT2D eigenvalue weighted by Gasteiger charge is -2.08. The highest BCUT2D eigenvalue weighted by Crippen LogP contribution is 2.17. The first-order valence-electron chi connectivity index (χ1n) is 6.50. The predicted molar refractivity (Wildman–Crippen MR) is 80.3 cm³/mol. The monoisotopic (exact) mass is 279 g/mol. The summed E-state index contributed by atoms with van der Waals surface area (Å²) in [4.78, 5) is 19.0. The molecule has 104 valence electrons. The van der Waals surface area contributed by atoms with Crippen LogP contribution in [0.25, 0.3) is 10.9 Å². The molecule has 0 aliphatic carbocycles. The van der Waals surface area contributed by atoms with E-state index in [0.717, 1.165) is 22.2 Å². The molecule has 2 aromatic heterocycles. The second-order valence-electron chi connectivity index (χ2n) is 4.58. The Kier molecular flexibility index (Phi) is 3.47. The number of hydrogen-bond donors (Lipinski definition) is 2. The van der Waals surface area contributed by atoms with Gasteiger partial charge >= 0.3 is 5.97 Å². The normalized spacial score (nSPS) is 10.5. The molecule has 0 fully saturated rings. The summed E-state index contributed by atoms with van der Waals surface area (Å²) in [6.07, 6.45) is 3.29. The molecule has 0 spiro atoms. The van der Waals surface area contributed by atoms with Gasteiger partial charge in [-0.15, -0.1) is 0 Å². The van der Waals surface area contributed by atoms with Gasteiger partial charge in [0.25, 0.3) is 0 Å². The van der Waals surface area contributed by atoms with Gasteiger partial charge in [-0.05, 0) is 23.8 Å². The highest BCUT2D eigenvalue weighted by Gasteiger charge is 2.04. The number of pyridine rings is 2. The first kappa shape index (κ1) is 13.1. The largest absolute Gasteiger partial charge is 0.477 e. The fourth-order valence-electron chi connectivity index (χ4n) is 2.13. The van der Waals surface area contributed by atoms with Gasteiger partial charge in [0.15, 0.2) is 0 Å². The average molecular weight is 279 g/mol. The number of hydrogen-bond acceptors (Lipinski definition) is 4. The van der Waals surface area contributed by atoms with Crippen LogP contribution in [0.1, 0.15) is 16.1 Å². The number of carboxylic acids is 1. The van der Waals surface area contributed by atoms with Gasteiger partial charge in [-0.2, -0.15) is 0 Å². The summed E-state index contributed by atoms with van der Waals surface area (Å²) in [5.74, 6) is -1.03. The molecule has 0 saturated heterocycles. The maximum Gasteiger partial charge on any atom is 0.354 e. The van der Waals surface area contributed by atoms with Crippen LogP contribution in [0.5, 0.6) is 0 Å². The molecule has 2 N–H and O–H groups in total. The Labute approximate surface area is 121 Å². The van der Waals surface area contributed by atoms with Gasteiger partial charge in [0.1, 0.15) is 5.69 Å². The summed E-state index contributed by atoms with van der Waals surface area (Å²) < 4.78 is 0. The minimum atomic E-state index is -1.03. The zero-order valence-corrected chi connectivity index (χ0v) is 11.2. The fourth-order valence-corrected chi connectivity index (χ4v) is 2.13. The van der Waals surface area contributed by atoms with Crippen LogP contribution in [-0.4, -0.2) is 21.0 Å². The SMILES string of the molecule is O=C(O)c1ccc(NCc2cccc3cccnc23)cn1. The van der Waals surface area contributed by atoms with Crippen LogP contribution >= 0.6 is 0 Å². The maximum absolute atomic E-state index is 10.7. The molecule has 0 aliphatic heterocycles. The molecule has 21 heavy (non-hydrogen) atoms. The topological polar surface area (TPSA) is 75.1 Å². The van der Waals surface area contributed by atoms with E-state index in [0.29, 0.717) is 6.54 Å². The summed E-state index contributed by atoms with van der Waals surface area (Å²) in [7, 11) is 0. The lowest BCUT2D eigenvalue weighted by atomic mass is 10.1. The number of rotatable bonds is 4. The van der Waals surface area contributed by atoms with E-state index in [4.69, 9.17) is 5.11 Å². The number of aromatic carboxylic acids is 1. The van der Waals surface area contributed by atoms with Crippen LogP contribution in [-0.2, 0) is 6.54 Å². The Morgan fingerprint density at radius 3 is 2.71 bits per heavy atom. The summed E-state index contributed by atoms with van der Waals surface area (Å²) >= 11 is 0. The summed E-state index contributed by atoms with van der Waals surface area (Å²) in [5.41, 5.74) is 2.85. The first-order chi connectivity index (χ1) is 10.2. The van der Waals surface area contributed by atoms with Crippen LogP contribution in [0.2, 0.25) is 0 Å². The van der Waals surface area contributed by atoms with E-state index in [2.05, 4.69) is 15.3 Å². The molecule has 3 rings (SSSR count). The van der Waals surface area contributed by atoms with Crippen molar-refractivity contribution in [3.63, 3.8) is 0 Å². The molecule has 3 aromatic rings. The fraction of sp³-hybridized carbons (Fsp3) is 0.0625. The van der Waals surface area contributed by atoms with Crippen molar-refractivity contribution >= 4 is 22.6 Å².